The van der Waals surface area contributed by atoms with Gasteiger partial charge in [-0.1, -0.05) is 0 Å². The van der Waals surface area contributed by atoms with Crippen molar-refractivity contribution in [1.82, 2.24) is 9.78 Å². The van der Waals surface area contributed by atoms with Crippen molar-refractivity contribution >= 4 is 22.3 Å². The molecule has 1 aromatic heterocycles. The van der Waals surface area contributed by atoms with Gasteiger partial charge >= 0.3 is 5.69 Å². The molecule has 0 fully saturated rings. The van der Waals surface area contributed by atoms with Crippen LogP contribution < -0.4 is 5.32 Å². The fourth-order valence-corrected chi connectivity index (χ4v) is 2.00. The summed E-state index contributed by atoms with van der Waals surface area (Å²) in [5.41, 5.74) is 0.374. The lowest BCUT2D eigenvalue weighted by molar-refractivity contribution is -0.384. The highest BCUT2D eigenvalue weighted by Crippen LogP contribution is 2.30. The first-order valence-electron chi connectivity index (χ1n) is 5.62. The van der Waals surface area contributed by atoms with Gasteiger partial charge < -0.3 is 5.32 Å². The van der Waals surface area contributed by atoms with Gasteiger partial charge in [0, 0.05) is 35.4 Å². The smallest absolute Gasteiger partial charge is 0.333 e. The molecule has 0 saturated heterocycles. The van der Waals surface area contributed by atoms with Crippen LogP contribution in [-0.2, 0) is 10.8 Å². The Balaban J connectivity index is 3.04. The van der Waals surface area contributed by atoms with Crippen LogP contribution in [0.1, 0.15) is 25.6 Å². The third-order valence-corrected chi connectivity index (χ3v) is 3.19. The molecule has 1 heterocycles. The Morgan fingerprint density at radius 3 is 2.61 bits per heavy atom. The number of hydrogen-bond acceptors (Lipinski definition) is 5. The maximum Gasteiger partial charge on any atom is 0.333 e. The molecular formula is C10H18N4O3S. The van der Waals surface area contributed by atoms with Crippen LogP contribution in [0.25, 0.3) is 0 Å². The number of aromatic nitrogens is 2. The minimum absolute atomic E-state index is 0.00872. The van der Waals surface area contributed by atoms with Crippen LogP contribution in [0.15, 0.2) is 0 Å². The Kier molecular flexibility index (Phi) is 4.83. The highest BCUT2D eigenvalue weighted by atomic mass is 32.2. The average Bonchev–Trinajstić information content (AvgIpc) is 2.55. The van der Waals surface area contributed by atoms with E-state index in [2.05, 4.69) is 10.4 Å². The molecule has 0 amide bonds. The van der Waals surface area contributed by atoms with Crippen LogP contribution in [0.3, 0.4) is 0 Å². The third-order valence-electron chi connectivity index (χ3n) is 2.41. The number of rotatable bonds is 6. The lowest BCUT2D eigenvalue weighted by Gasteiger charge is -2.11. The van der Waals surface area contributed by atoms with Gasteiger partial charge in [-0.3, -0.25) is 14.3 Å². The Morgan fingerprint density at radius 2 is 2.17 bits per heavy atom. The van der Waals surface area contributed by atoms with E-state index in [4.69, 9.17) is 0 Å². The quantitative estimate of drug-likeness (QED) is 0.626. The van der Waals surface area contributed by atoms with E-state index in [1.807, 2.05) is 13.8 Å². The summed E-state index contributed by atoms with van der Waals surface area (Å²) < 4.78 is 12.6. The molecule has 0 aliphatic rings. The first-order valence-corrected chi connectivity index (χ1v) is 7.34. The minimum atomic E-state index is -0.929. The first kappa shape index (κ1) is 14.6. The molecule has 0 bridgehead atoms. The van der Waals surface area contributed by atoms with E-state index in [0.717, 1.165) is 0 Å². The van der Waals surface area contributed by atoms with Crippen molar-refractivity contribution in [3.05, 3.63) is 15.8 Å². The van der Waals surface area contributed by atoms with Crippen molar-refractivity contribution in [3.63, 3.8) is 0 Å². The van der Waals surface area contributed by atoms with Crippen molar-refractivity contribution in [2.75, 3.05) is 23.9 Å². The van der Waals surface area contributed by atoms with Gasteiger partial charge in [0.25, 0.3) is 0 Å². The van der Waals surface area contributed by atoms with Gasteiger partial charge in [0.15, 0.2) is 0 Å². The fraction of sp³-hybridized carbons (Fsp3) is 0.700. The lowest BCUT2D eigenvalue weighted by Crippen LogP contribution is -2.15. The van der Waals surface area contributed by atoms with E-state index >= 15 is 0 Å². The molecule has 8 heteroatoms. The molecule has 1 unspecified atom stereocenters. The van der Waals surface area contributed by atoms with E-state index in [1.165, 1.54) is 0 Å². The van der Waals surface area contributed by atoms with E-state index in [-0.39, 0.29) is 11.7 Å². The minimum Gasteiger partial charge on any atom is -0.364 e. The maximum atomic E-state index is 11.0. The van der Waals surface area contributed by atoms with Gasteiger partial charge in [-0.2, -0.15) is 5.10 Å². The van der Waals surface area contributed by atoms with Crippen molar-refractivity contribution in [3.8, 4) is 0 Å². The molecule has 0 aliphatic heterocycles. The van der Waals surface area contributed by atoms with Gasteiger partial charge in [-0.15, -0.1) is 0 Å². The molecule has 1 atom stereocenters. The normalized spacial score (nSPS) is 12.7. The highest BCUT2D eigenvalue weighted by molar-refractivity contribution is 7.84. The molecule has 102 valence electrons. The second kappa shape index (κ2) is 5.94. The summed E-state index contributed by atoms with van der Waals surface area (Å²) in [6.07, 6.45) is 1.60. The Morgan fingerprint density at radius 1 is 1.56 bits per heavy atom. The zero-order chi connectivity index (χ0) is 13.9. The van der Waals surface area contributed by atoms with Gasteiger partial charge in [0.1, 0.15) is 5.69 Å². The van der Waals surface area contributed by atoms with Crippen LogP contribution >= 0.6 is 0 Å². The van der Waals surface area contributed by atoms with Crippen molar-refractivity contribution in [1.29, 1.82) is 0 Å². The predicted octanol–water partition coefficient (Wildman–Crippen LogP) is 1.47. The maximum absolute atomic E-state index is 11.0. The monoisotopic (exact) mass is 274 g/mol. The van der Waals surface area contributed by atoms with E-state index in [1.54, 1.807) is 17.9 Å². The molecule has 18 heavy (non-hydrogen) atoms. The Labute approximate surface area is 108 Å². The van der Waals surface area contributed by atoms with Crippen LogP contribution in [0.4, 0.5) is 11.5 Å². The van der Waals surface area contributed by atoms with Crippen molar-refractivity contribution in [2.24, 2.45) is 0 Å². The van der Waals surface area contributed by atoms with Gasteiger partial charge in [0.2, 0.25) is 5.82 Å². The van der Waals surface area contributed by atoms with Gasteiger partial charge in [-0.25, -0.2) is 4.68 Å². The molecule has 1 N–H and O–H groups in total. The molecule has 1 aromatic rings. The summed E-state index contributed by atoms with van der Waals surface area (Å²) in [5.74, 6) is 0.831. The number of anilines is 1. The van der Waals surface area contributed by atoms with Crippen LogP contribution in [-0.4, -0.2) is 37.5 Å². The Bertz CT molecular complexity index is 470. The van der Waals surface area contributed by atoms with Crippen molar-refractivity contribution < 1.29 is 9.13 Å². The summed E-state index contributed by atoms with van der Waals surface area (Å²) in [6.45, 7) is 5.83. The number of aryl methyl sites for hydroxylation is 1. The number of hydrogen-bond donors (Lipinski definition) is 1. The van der Waals surface area contributed by atoms with E-state index in [0.29, 0.717) is 23.8 Å². The zero-order valence-electron chi connectivity index (χ0n) is 11.0. The lowest BCUT2D eigenvalue weighted by atomic mass is 10.3. The van der Waals surface area contributed by atoms with Crippen LogP contribution in [0, 0.1) is 17.0 Å². The van der Waals surface area contributed by atoms with E-state index in [9.17, 15) is 14.3 Å². The topological polar surface area (TPSA) is 90.1 Å². The predicted molar refractivity (Wildman–Crippen MR) is 71.4 cm³/mol. The SMILES string of the molecule is Cc1nn(C(C)C)c(NCCS(C)=O)c1[N+](=O)[O-]. The molecule has 0 aliphatic carbocycles. The molecule has 1 rings (SSSR count). The summed E-state index contributed by atoms with van der Waals surface area (Å²) in [4.78, 5) is 10.6. The molecule has 0 aromatic carbocycles. The van der Waals surface area contributed by atoms with Gasteiger partial charge in [0.05, 0.1) is 4.92 Å². The zero-order valence-corrected chi connectivity index (χ0v) is 11.8. The average molecular weight is 274 g/mol. The molecule has 0 saturated carbocycles. The van der Waals surface area contributed by atoms with Gasteiger partial charge in [-0.05, 0) is 20.8 Å². The standard InChI is InChI=1S/C10H18N4O3S/c1-7(2)13-10(11-5-6-18(4)17)9(14(15)16)8(3)12-13/h7,11H,5-6H2,1-4H3. The largest absolute Gasteiger partial charge is 0.364 e. The highest BCUT2D eigenvalue weighted by Gasteiger charge is 2.26. The van der Waals surface area contributed by atoms with Crippen LogP contribution in [0.5, 0.6) is 0 Å². The number of nitrogens with zero attached hydrogens (tertiary/aromatic N) is 3. The first-order chi connectivity index (χ1) is 8.34. The molecule has 0 radical (unpaired) electrons. The van der Waals surface area contributed by atoms with Crippen LogP contribution in [0.2, 0.25) is 0 Å². The summed E-state index contributed by atoms with van der Waals surface area (Å²) in [7, 11) is -0.929. The number of nitro groups is 1. The summed E-state index contributed by atoms with van der Waals surface area (Å²) in [5, 5.41) is 18.2. The summed E-state index contributed by atoms with van der Waals surface area (Å²) in [6, 6.07) is 0.0204. The molecule has 0 spiro atoms. The van der Waals surface area contributed by atoms with E-state index < -0.39 is 15.7 Å². The molecular weight excluding hydrogens is 256 g/mol. The summed E-state index contributed by atoms with van der Waals surface area (Å²) >= 11 is 0. The van der Waals surface area contributed by atoms with Crippen molar-refractivity contribution in [2.45, 2.75) is 26.8 Å². The second-order valence-corrected chi connectivity index (χ2v) is 5.84. The Hall–Kier alpha value is -1.44. The third kappa shape index (κ3) is 3.28. The fourth-order valence-electron chi connectivity index (χ4n) is 1.61. The number of nitrogens with one attached hydrogen (secondary N) is 1. The molecule has 7 nitrogen and oxygen atoms in total. The second-order valence-electron chi connectivity index (χ2n) is 4.28.